The maximum atomic E-state index is 0. The van der Waals surface area contributed by atoms with Crippen LogP contribution in [0.15, 0.2) is 0 Å². The zero-order valence-corrected chi connectivity index (χ0v) is 8.94. The van der Waals surface area contributed by atoms with Crippen molar-refractivity contribution >= 4 is 0 Å². The van der Waals surface area contributed by atoms with Crippen molar-refractivity contribution in [3.05, 3.63) is 0 Å². The van der Waals surface area contributed by atoms with E-state index in [1.54, 1.807) is 0 Å². The predicted molar refractivity (Wildman–Crippen MR) is 5.98 cm³/mol. The second-order valence-electron chi connectivity index (χ2n) is 0. The molecule has 0 aliphatic carbocycles. The van der Waals surface area contributed by atoms with E-state index >= 15 is 0 Å². The molecule has 0 heterocycles. The van der Waals surface area contributed by atoms with Gasteiger partial charge in [0.05, 0.1) is 0 Å². The van der Waals surface area contributed by atoms with Crippen LogP contribution in [-0.2, 0) is 49.0 Å². The summed E-state index contributed by atoms with van der Waals surface area (Å²) in [6, 6.07) is 0. The Kier molecular flexibility index (Phi) is 205. The van der Waals surface area contributed by atoms with Gasteiger partial charge in [0.2, 0.25) is 0 Å². The molecule has 4 heteroatoms. The van der Waals surface area contributed by atoms with Crippen LogP contribution < -0.4 is 18.6 Å². The van der Waals surface area contributed by atoms with Gasteiger partial charge < -0.3 is 18.6 Å². The fraction of sp³-hybridized carbons (Fsp3) is 0. The third-order valence-corrected chi connectivity index (χ3v) is 0. The fourth-order valence-corrected chi connectivity index (χ4v) is 0. The van der Waals surface area contributed by atoms with Gasteiger partial charge in [0.25, 0.3) is 0 Å². The number of hydrogen-bond acceptors (Lipinski definition) is 0. The number of halogens is 1. The zero-order valence-electron chi connectivity index (χ0n) is 2.59. The van der Waals surface area contributed by atoms with Crippen LogP contribution in [0.3, 0.4) is 0 Å². The molecule has 0 saturated heterocycles. The van der Waals surface area contributed by atoms with E-state index in [-0.39, 0.29) is 67.6 Å². The van der Waals surface area contributed by atoms with Crippen LogP contribution in [0.1, 0.15) is 0 Å². The van der Waals surface area contributed by atoms with E-state index in [0.29, 0.717) is 0 Å². The molecule has 22 valence electrons. The molecule has 0 bridgehead atoms. The van der Waals surface area contributed by atoms with Gasteiger partial charge in [0, 0.05) is 49.0 Å². The van der Waals surface area contributed by atoms with Crippen molar-refractivity contribution in [1.29, 1.82) is 0 Å². The van der Waals surface area contributed by atoms with Crippen LogP contribution in [0, 0.1) is 0 Å². The summed E-state index contributed by atoms with van der Waals surface area (Å²) in [4.78, 5) is 0. The third-order valence-electron chi connectivity index (χ3n) is 0. The first kappa shape index (κ1) is 39.5. The Hall–Kier alpha value is 1.89. The van der Waals surface area contributed by atoms with Gasteiger partial charge in [-0.1, -0.05) is 0 Å². The average Bonchev–Trinajstić information content (AvgIpc) is 0. The largest absolute Gasteiger partial charge is 1.00 e. The Morgan fingerprint density at radius 3 is 1.00 bits per heavy atom. The van der Waals surface area contributed by atoms with Crippen molar-refractivity contribution in [2.45, 2.75) is 0 Å². The van der Waals surface area contributed by atoms with E-state index in [4.69, 9.17) is 0 Å². The van der Waals surface area contributed by atoms with E-state index in [9.17, 15) is 0 Å². The molecule has 0 aromatic carbocycles. The van der Waals surface area contributed by atoms with Crippen molar-refractivity contribution < 1.29 is 61.4 Å². The molecule has 0 fully saturated rings. The van der Waals surface area contributed by atoms with Gasteiger partial charge in [-0.05, 0) is 0 Å². The normalized spacial score (nSPS) is 0. The number of quaternary nitrogens is 1. The minimum atomic E-state index is 0. The van der Waals surface area contributed by atoms with Gasteiger partial charge in [-0.3, -0.25) is 0 Å². The Balaban J connectivity index is 0. The van der Waals surface area contributed by atoms with Gasteiger partial charge in [-0.15, -0.1) is 0 Å². The van der Waals surface area contributed by atoms with Gasteiger partial charge in [-0.2, -0.15) is 0 Å². The van der Waals surface area contributed by atoms with Crippen molar-refractivity contribution in [2.24, 2.45) is 0 Å². The van der Waals surface area contributed by atoms with E-state index in [0.717, 1.165) is 0 Å². The van der Waals surface area contributed by atoms with E-state index in [1.807, 2.05) is 0 Å². The molecule has 0 atom stereocenters. The molecular formula is H4CdClNTi. The maximum absolute atomic E-state index is 0. The quantitative estimate of drug-likeness (QED) is 0.428. The molecule has 4 heavy (non-hydrogen) atoms. The molecule has 1 nitrogen and oxygen atoms in total. The molecular weight excluding hydrogens is 210 g/mol. The van der Waals surface area contributed by atoms with Crippen molar-refractivity contribution in [3.63, 3.8) is 0 Å². The predicted octanol–water partition coefficient (Wildman–Crippen LogP) is -2.62. The summed E-state index contributed by atoms with van der Waals surface area (Å²) in [5.74, 6) is 0. The topological polar surface area (TPSA) is 36.5 Å². The van der Waals surface area contributed by atoms with Crippen LogP contribution in [0.2, 0.25) is 0 Å². The standard InChI is InChI=1S/Cd.ClH.H3N.Ti/h;1H;1H3;. The first-order chi connectivity index (χ1) is 0. The molecule has 0 saturated carbocycles. The van der Waals surface area contributed by atoms with Crippen LogP contribution in [0.5, 0.6) is 0 Å². The Bertz CT molecular complexity index is 8.00. The first-order valence-electron chi connectivity index (χ1n) is 0. The zero-order chi connectivity index (χ0) is 0. The molecule has 0 spiro atoms. The summed E-state index contributed by atoms with van der Waals surface area (Å²) in [6.07, 6.45) is 0. The summed E-state index contributed by atoms with van der Waals surface area (Å²) in [5, 5.41) is 0. The molecule has 0 aliphatic heterocycles. The average molecular weight is 214 g/mol. The van der Waals surface area contributed by atoms with E-state index < -0.39 is 0 Å². The summed E-state index contributed by atoms with van der Waals surface area (Å²) in [7, 11) is 0. The molecule has 4 N–H and O–H groups in total. The van der Waals surface area contributed by atoms with Crippen LogP contribution in [0.25, 0.3) is 0 Å². The van der Waals surface area contributed by atoms with Crippen LogP contribution >= 0.6 is 0 Å². The smallest absolute Gasteiger partial charge is 0 e. The molecule has 0 unspecified atom stereocenters. The summed E-state index contributed by atoms with van der Waals surface area (Å²) < 4.78 is 0. The molecule has 0 aliphatic rings. The first-order valence-corrected chi connectivity index (χ1v) is 0. The van der Waals surface area contributed by atoms with Crippen molar-refractivity contribution in [3.8, 4) is 0 Å². The second-order valence-corrected chi connectivity index (χ2v) is 0. The van der Waals surface area contributed by atoms with E-state index in [2.05, 4.69) is 0 Å². The summed E-state index contributed by atoms with van der Waals surface area (Å²) >= 11 is 0. The summed E-state index contributed by atoms with van der Waals surface area (Å²) in [6.45, 7) is 0. The second kappa shape index (κ2) is 20.7. The van der Waals surface area contributed by atoms with Gasteiger partial charge in [0.1, 0.15) is 0 Å². The van der Waals surface area contributed by atoms with Gasteiger partial charge in [0.15, 0.2) is 0 Å². The third kappa shape index (κ3) is 9.10. The minimum Gasteiger partial charge on any atom is -1.00 e. The van der Waals surface area contributed by atoms with Crippen LogP contribution in [0.4, 0.5) is 0 Å². The SMILES string of the molecule is [Cd].[Cl-].[NH4+].[Ti]. The van der Waals surface area contributed by atoms with Gasteiger partial charge >= 0.3 is 0 Å². The van der Waals surface area contributed by atoms with E-state index in [1.165, 1.54) is 0 Å². The minimum absolute atomic E-state index is 0. The Morgan fingerprint density at radius 2 is 1.00 bits per heavy atom. The maximum Gasteiger partial charge on any atom is 0 e. The van der Waals surface area contributed by atoms with Crippen LogP contribution in [-0.4, -0.2) is 0 Å². The fourth-order valence-electron chi connectivity index (χ4n) is 0. The monoisotopic (exact) mass is 215 g/mol. The number of hydrogen-bond donors (Lipinski definition) is 1. The Morgan fingerprint density at radius 1 is 1.00 bits per heavy atom. The molecule has 0 amide bonds. The molecule has 0 aromatic heterocycles. The van der Waals surface area contributed by atoms with Gasteiger partial charge in [-0.25, -0.2) is 0 Å². The molecule has 0 aromatic rings. The Labute approximate surface area is 66.9 Å². The van der Waals surface area contributed by atoms with Crippen molar-refractivity contribution in [2.75, 3.05) is 0 Å². The summed E-state index contributed by atoms with van der Waals surface area (Å²) in [5.41, 5.74) is 0. The number of rotatable bonds is 0. The molecule has 0 radical (unpaired) electrons. The molecule has 0 rings (SSSR count). The van der Waals surface area contributed by atoms with Crippen molar-refractivity contribution in [1.82, 2.24) is 6.15 Å².